The highest BCUT2D eigenvalue weighted by Crippen LogP contribution is 2.48. The minimum atomic E-state index is -0.681. The minimum absolute atomic E-state index is 0.0277. The zero-order valence-corrected chi connectivity index (χ0v) is 21.0. The van der Waals surface area contributed by atoms with Gasteiger partial charge in [0, 0.05) is 29.3 Å². The van der Waals surface area contributed by atoms with Gasteiger partial charge in [-0.15, -0.1) is 0 Å². The largest absolute Gasteiger partial charge is 0.493 e. The second-order valence-corrected chi connectivity index (χ2v) is 9.54. The molecule has 35 heavy (non-hydrogen) atoms. The maximum atomic E-state index is 13.7. The molecular formula is C29H33NO5. The number of ketones is 1. The number of methoxy groups -OCH3 is 2. The summed E-state index contributed by atoms with van der Waals surface area (Å²) >= 11 is 0. The fraction of sp³-hybridized carbons (Fsp3) is 0.379. The lowest BCUT2D eigenvalue weighted by atomic mass is 9.69. The number of carbonyl (C=O) groups is 2. The number of ether oxygens (including phenoxy) is 3. The molecule has 6 heteroatoms. The van der Waals surface area contributed by atoms with Gasteiger partial charge >= 0.3 is 5.97 Å². The van der Waals surface area contributed by atoms with Gasteiger partial charge in [0.05, 0.1) is 20.3 Å². The van der Waals surface area contributed by atoms with Gasteiger partial charge < -0.3 is 19.5 Å². The molecule has 3 atom stereocenters. The first kappa shape index (κ1) is 24.6. The Morgan fingerprint density at radius 3 is 2.43 bits per heavy atom. The SMILES string of the molecule is C=C1NC2=C(C(=O)CC(c3ccc(OC)c(OC)c3)C2)C(c2cccc(C)c2)C1C(=O)OC(C)C. The average Bonchev–Trinajstić information content (AvgIpc) is 2.82. The van der Waals surface area contributed by atoms with Gasteiger partial charge in [0.2, 0.25) is 0 Å². The zero-order valence-electron chi connectivity index (χ0n) is 21.0. The van der Waals surface area contributed by atoms with Crippen molar-refractivity contribution in [1.82, 2.24) is 5.32 Å². The molecule has 0 radical (unpaired) electrons. The van der Waals surface area contributed by atoms with Crippen molar-refractivity contribution in [2.24, 2.45) is 5.92 Å². The highest BCUT2D eigenvalue weighted by molar-refractivity contribution is 6.01. The molecule has 0 amide bonds. The van der Waals surface area contributed by atoms with E-state index in [4.69, 9.17) is 14.2 Å². The van der Waals surface area contributed by atoms with Gasteiger partial charge in [-0.1, -0.05) is 42.5 Å². The molecule has 0 bridgehead atoms. The number of hydrogen-bond donors (Lipinski definition) is 1. The summed E-state index contributed by atoms with van der Waals surface area (Å²) in [5.41, 5.74) is 5.03. The second-order valence-electron chi connectivity index (χ2n) is 9.54. The Bertz CT molecular complexity index is 1200. The maximum Gasteiger partial charge on any atom is 0.316 e. The van der Waals surface area contributed by atoms with Crippen LogP contribution in [0.1, 0.15) is 55.2 Å². The Kier molecular flexibility index (Phi) is 7.01. The summed E-state index contributed by atoms with van der Waals surface area (Å²) in [5.74, 6) is -0.215. The van der Waals surface area contributed by atoms with Crippen molar-refractivity contribution in [3.63, 3.8) is 0 Å². The molecule has 2 aliphatic rings. The van der Waals surface area contributed by atoms with Crippen LogP contribution in [0, 0.1) is 12.8 Å². The Morgan fingerprint density at radius 1 is 1.03 bits per heavy atom. The van der Waals surface area contributed by atoms with Gasteiger partial charge in [-0.2, -0.15) is 0 Å². The predicted octanol–water partition coefficient (Wildman–Crippen LogP) is 5.18. The van der Waals surface area contributed by atoms with E-state index in [9.17, 15) is 9.59 Å². The van der Waals surface area contributed by atoms with Crippen LogP contribution in [-0.2, 0) is 14.3 Å². The fourth-order valence-electron chi connectivity index (χ4n) is 5.20. The van der Waals surface area contributed by atoms with Crippen molar-refractivity contribution >= 4 is 11.8 Å². The van der Waals surface area contributed by atoms with E-state index in [0.717, 1.165) is 22.4 Å². The average molecular weight is 476 g/mol. The monoisotopic (exact) mass is 475 g/mol. The molecular weight excluding hydrogens is 442 g/mol. The van der Waals surface area contributed by atoms with Crippen molar-refractivity contribution in [2.75, 3.05) is 14.2 Å². The van der Waals surface area contributed by atoms with Crippen molar-refractivity contribution in [3.05, 3.63) is 82.7 Å². The van der Waals surface area contributed by atoms with Crippen LogP contribution in [-0.4, -0.2) is 32.1 Å². The molecule has 1 aliphatic heterocycles. The number of hydrogen-bond acceptors (Lipinski definition) is 6. The first-order chi connectivity index (χ1) is 16.7. The van der Waals surface area contributed by atoms with Crippen molar-refractivity contribution in [3.8, 4) is 11.5 Å². The number of carbonyl (C=O) groups excluding carboxylic acids is 2. The number of aryl methyl sites for hydroxylation is 1. The summed E-state index contributed by atoms with van der Waals surface area (Å²) in [6, 6.07) is 13.8. The second kappa shape index (κ2) is 9.98. The highest BCUT2D eigenvalue weighted by Gasteiger charge is 2.45. The van der Waals surface area contributed by atoms with Crippen LogP contribution in [0.4, 0.5) is 0 Å². The maximum absolute atomic E-state index is 13.7. The Morgan fingerprint density at radius 2 is 1.77 bits per heavy atom. The highest BCUT2D eigenvalue weighted by atomic mass is 16.5. The molecule has 3 unspecified atom stereocenters. The Balaban J connectivity index is 1.77. The number of esters is 1. The molecule has 6 nitrogen and oxygen atoms in total. The molecule has 0 saturated carbocycles. The third-order valence-corrected chi connectivity index (χ3v) is 6.73. The summed E-state index contributed by atoms with van der Waals surface area (Å²) in [7, 11) is 3.20. The first-order valence-corrected chi connectivity index (χ1v) is 11.9. The number of Topliss-reactive ketones (excluding diaryl/α,β-unsaturated/α-hetero) is 1. The van der Waals surface area contributed by atoms with E-state index >= 15 is 0 Å². The Labute approximate surface area is 207 Å². The van der Waals surface area contributed by atoms with E-state index in [1.54, 1.807) is 14.2 Å². The quantitative estimate of drug-likeness (QED) is 0.581. The van der Waals surface area contributed by atoms with Gasteiger partial charge in [0.15, 0.2) is 17.3 Å². The molecule has 184 valence electrons. The van der Waals surface area contributed by atoms with Crippen molar-refractivity contribution < 1.29 is 23.8 Å². The number of rotatable bonds is 6. The van der Waals surface area contributed by atoms with Crippen molar-refractivity contribution in [2.45, 2.75) is 51.6 Å². The van der Waals surface area contributed by atoms with Gasteiger partial charge in [-0.25, -0.2) is 0 Å². The molecule has 2 aromatic rings. The molecule has 0 fully saturated rings. The van der Waals surface area contributed by atoms with Crippen molar-refractivity contribution in [1.29, 1.82) is 0 Å². The summed E-state index contributed by atoms with van der Waals surface area (Å²) < 4.78 is 16.4. The smallest absolute Gasteiger partial charge is 0.316 e. The van der Waals surface area contributed by atoms with Gasteiger partial charge in [-0.05, 0) is 56.4 Å². The third-order valence-electron chi connectivity index (χ3n) is 6.73. The van der Waals surface area contributed by atoms with Gasteiger partial charge in [-0.3, -0.25) is 9.59 Å². The summed E-state index contributed by atoms with van der Waals surface area (Å²) in [4.78, 5) is 26.9. The molecule has 2 aromatic carbocycles. The molecule has 0 spiro atoms. The number of benzene rings is 2. The van der Waals surface area contributed by atoms with E-state index < -0.39 is 11.8 Å². The lowest BCUT2D eigenvalue weighted by molar-refractivity contribution is -0.151. The molecule has 0 aromatic heterocycles. The third kappa shape index (κ3) is 4.83. The van der Waals surface area contributed by atoms with Crippen LogP contribution in [0.5, 0.6) is 11.5 Å². The lowest BCUT2D eigenvalue weighted by Gasteiger charge is -2.40. The van der Waals surface area contributed by atoms with Crippen LogP contribution < -0.4 is 14.8 Å². The van der Waals surface area contributed by atoms with Gasteiger partial charge in [0.1, 0.15) is 5.92 Å². The van der Waals surface area contributed by atoms with Gasteiger partial charge in [0.25, 0.3) is 0 Å². The molecule has 1 heterocycles. The fourth-order valence-corrected chi connectivity index (χ4v) is 5.20. The summed E-state index contributed by atoms with van der Waals surface area (Å²) in [5, 5.41) is 3.33. The molecule has 4 rings (SSSR count). The standard InChI is InChI=1S/C29H33NO5/c1-16(2)35-29(32)26-18(4)30-22-13-21(19-10-11-24(33-5)25(15-19)34-6)14-23(31)28(22)27(26)20-9-7-8-17(3)12-20/h7-12,15-16,21,26-27,30H,4,13-14H2,1-3,5-6H3. The molecule has 0 saturated heterocycles. The summed E-state index contributed by atoms with van der Waals surface area (Å²) in [6.07, 6.45) is 0.709. The van der Waals surface area contributed by atoms with E-state index in [-0.39, 0.29) is 23.8 Å². The van der Waals surface area contributed by atoms with E-state index in [0.29, 0.717) is 35.6 Å². The van der Waals surface area contributed by atoms with E-state index in [1.165, 1.54) is 0 Å². The van der Waals surface area contributed by atoms with Crippen LogP contribution >= 0.6 is 0 Å². The Hall–Kier alpha value is -3.54. The zero-order chi connectivity index (χ0) is 25.3. The number of nitrogens with one attached hydrogen (secondary N) is 1. The van der Waals surface area contributed by atoms with Crippen LogP contribution in [0.3, 0.4) is 0 Å². The van der Waals surface area contributed by atoms with Crippen LogP contribution in [0.25, 0.3) is 0 Å². The first-order valence-electron chi connectivity index (χ1n) is 11.9. The van der Waals surface area contributed by atoms with E-state index in [2.05, 4.69) is 11.9 Å². The minimum Gasteiger partial charge on any atom is -0.493 e. The van der Waals surface area contributed by atoms with Crippen LogP contribution in [0.15, 0.2) is 66.0 Å². The van der Waals surface area contributed by atoms with Crippen LogP contribution in [0.2, 0.25) is 0 Å². The topological polar surface area (TPSA) is 73.9 Å². The summed E-state index contributed by atoms with van der Waals surface area (Å²) in [6.45, 7) is 9.84. The normalized spacial score (nSPS) is 21.9. The van der Waals surface area contributed by atoms with E-state index in [1.807, 2.05) is 63.2 Å². The molecule has 1 N–H and O–H groups in total. The lowest BCUT2D eigenvalue weighted by Crippen LogP contribution is -2.42. The number of allylic oxidation sites excluding steroid dienone is 2. The molecule has 1 aliphatic carbocycles. The predicted molar refractivity (Wildman–Crippen MR) is 134 cm³/mol.